The summed E-state index contributed by atoms with van der Waals surface area (Å²) in [4.78, 5) is 63.1. The molecule has 2 fully saturated rings. The summed E-state index contributed by atoms with van der Waals surface area (Å²) in [5.41, 5.74) is 1.37. The van der Waals surface area contributed by atoms with E-state index in [2.05, 4.69) is 12.2 Å². The van der Waals surface area contributed by atoms with Crippen molar-refractivity contribution in [2.24, 2.45) is 17.8 Å². The lowest BCUT2D eigenvalue weighted by Gasteiger charge is -2.40. The number of benzene rings is 1. The fourth-order valence-corrected chi connectivity index (χ4v) is 7.32. The average molecular weight is 596 g/mol. The van der Waals surface area contributed by atoms with Crippen molar-refractivity contribution >= 4 is 29.8 Å². The normalized spacial score (nSPS) is 24.4. The Morgan fingerprint density at radius 1 is 0.698 bits per heavy atom. The summed E-state index contributed by atoms with van der Waals surface area (Å²) in [5, 5.41) is 2.97. The first-order valence-electron chi connectivity index (χ1n) is 16.8. The van der Waals surface area contributed by atoms with E-state index in [1.165, 1.54) is 77.0 Å². The molecule has 1 N–H and O–H groups in total. The number of hydrogen-bond donors (Lipinski definition) is 1. The first-order chi connectivity index (χ1) is 20.9. The second kappa shape index (κ2) is 16.7. The van der Waals surface area contributed by atoms with Crippen molar-refractivity contribution in [3.63, 3.8) is 0 Å². The molecule has 43 heavy (non-hydrogen) atoms. The zero-order valence-electron chi connectivity index (χ0n) is 25.8. The summed E-state index contributed by atoms with van der Waals surface area (Å²) in [6, 6.07) is 7.18. The van der Waals surface area contributed by atoms with Gasteiger partial charge in [0.05, 0.1) is 24.2 Å². The molecule has 236 valence electrons. The molecule has 0 spiro atoms. The summed E-state index contributed by atoms with van der Waals surface area (Å²) < 4.78 is 9.91. The van der Waals surface area contributed by atoms with Crippen molar-refractivity contribution in [2.75, 3.05) is 6.54 Å². The highest BCUT2D eigenvalue weighted by Crippen LogP contribution is 2.54. The van der Waals surface area contributed by atoms with E-state index in [0.29, 0.717) is 12.0 Å². The van der Waals surface area contributed by atoms with E-state index in [9.17, 15) is 24.0 Å². The van der Waals surface area contributed by atoms with Gasteiger partial charge in [-0.15, -0.1) is 0 Å². The second-order valence-corrected chi connectivity index (χ2v) is 12.7. The second-order valence-electron chi connectivity index (χ2n) is 12.7. The zero-order chi connectivity index (χ0) is 30.6. The smallest absolute Gasteiger partial charge is 0.321 e. The van der Waals surface area contributed by atoms with Gasteiger partial charge in [0.25, 0.3) is 0 Å². The number of fused-ring (bicyclic) bond motifs is 3. The minimum Gasteiger partial charge on any atom is -0.393 e. The highest BCUT2D eigenvalue weighted by Gasteiger charge is 2.58. The predicted octanol–water partition coefficient (Wildman–Crippen LogP) is 6.65. The molecule has 2 heterocycles. The lowest BCUT2D eigenvalue weighted by atomic mass is 9.60. The molecule has 2 aliphatic heterocycles. The lowest BCUT2D eigenvalue weighted by molar-refractivity contribution is -0.156. The van der Waals surface area contributed by atoms with E-state index in [4.69, 9.17) is 9.47 Å². The van der Waals surface area contributed by atoms with Gasteiger partial charge >= 0.3 is 23.9 Å². The summed E-state index contributed by atoms with van der Waals surface area (Å²) in [5.74, 6) is -6.14. The van der Waals surface area contributed by atoms with Gasteiger partial charge in [0.2, 0.25) is 5.91 Å². The minimum absolute atomic E-state index is 0.0954. The van der Waals surface area contributed by atoms with E-state index in [1.807, 2.05) is 12.1 Å². The third kappa shape index (κ3) is 8.76. The number of nitrogens with one attached hydrogen (secondary N) is 1. The number of unbranched alkanes of at least 4 members (excludes halogenated alkanes) is 14. The highest BCUT2D eigenvalue weighted by atomic mass is 16.6. The molecule has 3 aliphatic rings. The van der Waals surface area contributed by atoms with Crippen LogP contribution >= 0.6 is 0 Å². The summed E-state index contributed by atoms with van der Waals surface area (Å²) in [7, 11) is 0. The maximum atomic E-state index is 12.9. The number of ether oxygens (including phenoxy) is 2. The van der Waals surface area contributed by atoms with Crippen LogP contribution in [0, 0.1) is 17.8 Å². The summed E-state index contributed by atoms with van der Waals surface area (Å²) >= 11 is 0. The fourth-order valence-electron chi connectivity index (χ4n) is 7.32. The Morgan fingerprint density at radius 2 is 1.26 bits per heavy atom. The molecule has 1 aromatic carbocycles. The van der Waals surface area contributed by atoms with Crippen molar-refractivity contribution in [1.82, 2.24) is 5.32 Å². The van der Waals surface area contributed by atoms with Gasteiger partial charge in [-0.3, -0.25) is 24.0 Å². The van der Waals surface area contributed by atoms with Gasteiger partial charge in [0, 0.05) is 18.9 Å². The molecule has 2 saturated heterocycles. The van der Waals surface area contributed by atoms with E-state index in [0.717, 1.165) is 24.8 Å². The third-order valence-electron chi connectivity index (χ3n) is 9.58. The minimum atomic E-state index is -0.831. The van der Waals surface area contributed by atoms with Gasteiger partial charge in [-0.1, -0.05) is 121 Å². The van der Waals surface area contributed by atoms with Crippen LogP contribution in [0.4, 0.5) is 0 Å². The SMILES string of the molecule is CCCCCCCCCCCCCCCCCC(=O)NCC1C2C(=O)OC(=O)C2c2ccccc2C1C1CC(=O)OC1=O. The predicted molar refractivity (Wildman–Crippen MR) is 162 cm³/mol. The van der Waals surface area contributed by atoms with Crippen molar-refractivity contribution in [1.29, 1.82) is 0 Å². The zero-order valence-corrected chi connectivity index (χ0v) is 25.8. The van der Waals surface area contributed by atoms with Crippen molar-refractivity contribution in [3.8, 4) is 0 Å². The van der Waals surface area contributed by atoms with Gasteiger partial charge in [0.1, 0.15) is 0 Å². The molecule has 0 saturated carbocycles. The monoisotopic (exact) mass is 595 g/mol. The summed E-state index contributed by atoms with van der Waals surface area (Å²) in [6.45, 7) is 2.36. The van der Waals surface area contributed by atoms with E-state index < -0.39 is 53.5 Å². The van der Waals surface area contributed by atoms with Crippen molar-refractivity contribution in [2.45, 2.75) is 128 Å². The van der Waals surface area contributed by atoms with Gasteiger partial charge in [-0.05, 0) is 23.5 Å². The molecular formula is C35H49NO7. The number of carbonyl (C=O) groups excluding carboxylic acids is 5. The molecule has 5 unspecified atom stereocenters. The molecule has 1 aliphatic carbocycles. The summed E-state index contributed by atoms with van der Waals surface area (Å²) in [6.07, 6.45) is 19.1. The highest BCUT2D eigenvalue weighted by molar-refractivity contribution is 6.01. The van der Waals surface area contributed by atoms with Crippen LogP contribution in [0.2, 0.25) is 0 Å². The third-order valence-corrected chi connectivity index (χ3v) is 9.58. The Labute approximate surface area is 256 Å². The molecule has 0 bridgehead atoms. The number of amides is 1. The van der Waals surface area contributed by atoms with Crippen LogP contribution in [-0.4, -0.2) is 36.3 Å². The molecular weight excluding hydrogens is 546 g/mol. The van der Waals surface area contributed by atoms with Crippen LogP contribution < -0.4 is 5.32 Å². The number of esters is 4. The fraction of sp³-hybridized carbons (Fsp3) is 0.686. The first-order valence-corrected chi connectivity index (χ1v) is 16.8. The van der Waals surface area contributed by atoms with E-state index >= 15 is 0 Å². The maximum absolute atomic E-state index is 12.9. The van der Waals surface area contributed by atoms with Crippen molar-refractivity contribution < 1.29 is 33.4 Å². The number of cyclic esters (lactones) is 4. The standard InChI is InChI=1S/C35H49NO7/c1-2-3-4-5-6-7-8-9-10-11-12-13-14-15-16-21-28(37)36-23-27-30(26-22-29(38)42-33(26)39)24-19-17-18-20-25(24)31-32(27)35(41)43-34(31)40/h17-20,26-27,30-32H,2-16,21-23H2,1H3,(H,36,37). The van der Waals surface area contributed by atoms with Crippen LogP contribution in [0.25, 0.3) is 0 Å². The van der Waals surface area contributed by atoms with Gasteiger partial charge in [-0.25, -0.2) is 0 Å². The Balaban J connectivity index is 1.19. The molecule has 8 heteroatoms. The molecule has 1 aromatic rings. The van der Waals surface area contributed by atoms with Gasteiger partial charge in [-0.2, -0.15) is 0 Å². The number of carbonyl (C=O) groups is 5. The molecule has 0 radical (unpaired) electrons. The first kappa shape index (κ1) is 32.9. The van der Waals surface area contributed by atoms with Crippen LogP contribution in [0.1, 0.15) is 139 Å². The molecule has 5 atom stereocenters. The number of hydrogen-bond acceptors (Lipinski definition) is 7. The van der Waals surface area contributed by atoms with Crippen LogP contribution in [0.5, 0.6) is 0 Å². The van der Waals surface area contributed by atoms with E-state index in [-0.39, 0.29) is 18.9 Å². The average Bonchev–Trinajstić information content (AvgIpc) is 3.49. The Kier molecular flexibility index (Phi) is 12.8. The van der Waals surface area contributed by atoms with Crippen LogP contribution in [-0.2, 0) is 33.4 Å². The number of rotatable bonds is 19. The topological polar surface area (TPSA) is 116 Å². The Bertz CT molecular complexity index is 1130. The van der Waals surface area contributed by atoms with Crippen LogP contribution in [0.3, 0.4) is 0 Å². The molecule has 0 aromatic heterocycles. The maximum Gasteiger partial charge on any atom is 0.321 e. The van der Waals surface area contributed by atoms with Crippen molar-refractivity contribution in [3.05, 3.63) is 35.4 Å². The quantitative estimate of drug-likeness (QED) is 0.108. The van der Waals surface area contributed by atoms with Gasteiger partial charge in [0.15, 0.2) is 0 Å². The molecule has 4 rings (SSSR count). The largest absolute Gasteiger partial charge is 0.393 e. The Morgan fingerprint density at radius 3 is 1.81 bits per heavy atom. The lowest BCUT2D eigenvalue weighted by Crippen LogP contribution is -2.45. The molecule has 1 amide bonds. The van der Waals surface area contributed by atoms with E-state index in [1.54, 1.807) is 12.1 Å². The Hall–Kier alpha value is -3.03. The molecule has 8 nitrogen and oxygen atoms in total. The van der Waals surface area contributed by atoms with Crippen LogP contribution in [0.15, 0.2) is 24.3 Å². The van der Waals surface area contributed by atoms with Gasteiger partial charge < -0.3 is 14.8 Å².